The zero-order valence-corrected chi connectivity index (χ0v) is 14.2. The van der Waals surface area contributed by atoms with E-state index >= 15 is 0 Å². The smallest absolute Gasteiger partial charge is 0.262 e. The van der Waals surface area contributed by atoms with Crippen molar-refractivity contribution in [3.63, 3.8) is 0 Å². The van der Waals surface area contributed by atoms with Crippen LogP contribution in [-0.4, -0.2) is 5.91 Å². The van der Waals surface area contributed by atoms with E-state index in [9.17, 15) is 4.79 Å². The number of rotatable bonds is 4. The van der Waals surface area contributed by atoms with Gasteiger partial charge in [0.2, 0.25) is 0 Å². The molecule has 3 rings (SSSR count). The van der Waals surface area contributed by atoms with Crippen LogP contribution in [0.25, 0.3) is 11.1 Å². The molecule has 3 aromatic rings. The molecule has 23 heavy (non-hydrogen) atoms. The lowest BCUT2D eigenvalue weighted by molar-refractivity contribution is 0.0940. The second kappa shape index (κ2) is 6.42. The summed E-state index contributed by atoms with van der Waals surface area (Å²) in [4.78, 5) is 13.3. The summed E-state index contributed by atoms with van der Waals surface area (Å²) >= 11 is 1.46. The van der Waals surface area contributed by atoms with Gasteiger partial charge >= 0.3 is 0 Å². The van der Waals surface area contributed by atoms with Gasteiger partial charge in [0.05, 0.1) is 10.9 Å². The molecule has 0 saturated heterocycles. The standard InChI is InChI=1S/C19H19NO2S/c1-12-4-7-15(8-5-12)16-10-11-23-18(16)19(21)20-14(3)17-9-6-13(2)22-17/h4-11,14H,1-3H3,(H,20,21). The van der Waals surface area contributed by atoms with Gasteiger partial charge in [-0.05, 0) is 49.9 Å². The van der Waals surface area contributed by atoms with Gasteiger partial charge in [0.25, 0.3) is 5.91 Å². The third-order valence-corrected chi connectivity index (χ3v) is 4.68. The van der Waals surface area contributed by atoms with Crippen molar-refractivity contribution in [1.82, 2.24) is 5.32 Å². The molecule has 0 radical (unpaired) electrons. The van der Waals surface area contributed by atoms with Crippen LogP contribution in [0.5, 0.6) is 0 Å². The van der Waals surface area contributed by atoms with Crippen LogP contribution in [-0.2, 0) is 0 Å². The minimum Gasteiger partial charge on any atom is -0.464 e. The molecule has 0 saturated carbocycles. The molecule has 0 bridgehead atoms. The van der Waals surface area contributed by atoms with Crippen molar-refractivity contribution >= 4 is 17.2 Å². The normalized spacial score (nSPS) is 12.1. The predicted molar refractivity (Wildman–Crippen MR) is 93.8 cm³/mol. The Bertz CT molecular complexity index is 814. The fraction of sp³-hybridized carbons (Fsp3) is 0.211. The van der Waals surface area contributed by atoms with Crippen molar-refractivity contribution in [3.05, 3.63) is 69.8 Å². The van der Waals surface area contributed by atoms with Crippen LogP contribution in [0.3, 0.4) is 0 Å². The fourth-order valence-corrected chi connectivity index (χ4v) is 3.28. The molecule has 1 unspecified atom stereocenters. The molecule has 118 valence electrons. The van der Waals surface area contributed by atoms with Gasteiger partial charge in [0.15, 0.2) is 0 Å². The third-order valence-electron chi connectivity index (χ3n) is 3.77. The number of carbonyl (C=O) groups is 1. The Kier molecular flexibility index (Phi) is 4.35. The van der Waals surface area contributed by atoms with Gasteiger partial charge in [0.1, 0.15) is 11.5 Å². The average Bonchev–Trinajstić information content (AvgIpc) is 3.17. The van der Waals surface area contributed by atoms with Crippen LogP contribution in [0.4, 0.5) is 0 Å². The van der Waals surface area contributed by atoms with Crippen LogP contribution in [0.2, 0.25) is 0 Å². The molecule has 0 spiro atoms. The predicted octanol–water partition coefficient (Wildman–Crippen LogP) is 5.12. The molecule has 0 aliphatic heterocycles. The number of benzene rings is 1. The molecule has 2 aromatic heterocycles. The van der Waals surface area contributed by atoms with Crippen LogP contribution < -0.4 is 5.32 Å². The number of thiophene rings is 1. The summed E-state index contributed by atoms with van der Waals surface area (Å²) in [6.07, 6.45) is 0. The zero-order valence-electron chi connectivity index (χ0n) is 13.4. The molecular weight excluding hydrogens is 306 g/mol. The summed E-state index contributed by atoms with van der Waals surface area (Å²) < 4.78 is 5.58. The molecule has 1 atom stereocenters. The minimum absolute atomic E-state index is 0.0721. The molecule has 3 nitrogen and oxygen atoms in total. The Morgan fingerprint density at radius 1 is 1.09 bits per heavy atom. The van der Waals surface area contributed by atoms with E-state index in [1.807, 2.05) is 49.6 Å². The lowest BCUT2D eigenvalue weighted by atomic mass is 10.0. The maximum absolute atomic E-state index is 12.6. The lowest BCUT2D eigenvalue weighted by Gasteiger charge is -2.12. The highest BCUT2D eigenvalue weighted by molar-refractivity contribution is 7.12. The van der Waals surface area contributed by atoms with Gasteiger partial charge in [-0.15, -0.1) is 11.3 Å². The first-order valence-corrected chi connectivity index (χ1v) is 8.44. The molecule has 1 aromatic carbocycles. The van der Waals surface area contributed by atoms with Gasteiger partial charge < -0.3 is 9.73 Å². The van der Waals surface area contributed by atoms with E-state index < -0.39 is 0 Å². The molecule has 0 aliphatic rings. The van der Waals surface area contributed by atoms with E-state index in [2.05, 4.69) is 24.4 Å². The molecule has 2 heterocycles. The summed E-state index contributed by atoms with van der Waals surface area (Å²) in [5.41, 5.74) is 3.23. The summed E-state index contributed by atoms with van der Waals surface area (Å²) in [5.74, 6) is 1.54. The molecule has 0 fully saturated rings. The van der Waals surface area contributed by atoms with Crippen molar-refractivity contribution in [2.75, 3.05) is 0 Å². The zero-order chi connectivity index (χ0) is 16.4. The monoisotopic (exact) mass is 325 g/mol. The van der Waals surface area contributed by atoms with Gasteiger partial charge in [-0.2, -0.15) is 0 Å². The summed E-state index contributed by atoms with van der Waals surface area (Å²) in [6, 6.07) is 13.8. The van der Waals surface area contributed by atoms with Gasteiger partial charge in [-0.1, -0.05) is 29.8 Å². The first-order chi connectivity index (χ1) is 11.0. The van der Waals surface area contributed by atoms with E-state index in [4.69, 9.17) is 4.42 Å². The maximum atomic E-state index is 12.6. The van der Waals surface area contributed by atoms with Crippen LogP contribution >= 0.6 is 11.3 Å². The van der Waals surface area contributed by atoms with Crippen LogP contribution in [0.1, 0.15) is 39.7 Å². The van der Waals surface area contributed by atoms with Crippen LogP contribution in [0.15, 0.2) is 52.3 Å². The number of hydrogen-bond donors (Lipinski definition) is 1. The van der Waals surface area contributed by atoms with Crippen molar-refractivity contribution in [3.8, 4) is 11.1 Å². The quantitative estimate of drug-likeness (QED) is 0.723. The van der Waals surface area contributed by atoms with E-state index in [1.165, 1.54) is 16.9 Å². The molecule has 0 aliphatic carbocycles. The second-order valence-corrected chi connectivity index (χ2v) is 6.59. The first kappa shape index (κ1) is 15.6. The number of carbonyl (C=O) groups excluding carboxylic acids is 1. The number of amides is 1. The number of aryl methyl sites for hydroxylation is 2. The van der Waals surface area contributed by atoms with Crippen molar-refractivity contribution < 1.29 is 9.21 Å². The van der Waals surface area contributed by atoms with E-state index in [1.54, 1.807) is 0 Å². The average molecular weight is 325 g/mol. The number of furan rings is 1. The van der Waals surface area contributed by atoms with Crippen LogP contribution in [0, 0.1) is 13.8 Å². The van der Waals surface area contributed by atoms with Gasteiger partial charge in [-0.3, -0.25) is 4.79 Å². The van der Waals surface area contributed by atoms with Gasteiger partial charge in [0, 0.05) is 5.56 Å². The fourth-order valence-electron chi connectivity index (χ4n) is 2.47. The number of nitrogens with one attached hydrogen (secondary N) is 1. The highest BCUT2D eigenvalue weighted by Gasteiger charge is 2.18. The van der Waals surface area contributed by atoms with E-state index in [0.29, 0.717) is 0 Å². The highest BCUT2D eigenvalue weighted by Crippen LogP contribution is 2.29. The van der Waals surface area contributed by atoms with E-state index in [-0.39, 0.29) is 11.9 Å². The summed E-state index contributed by atoms with van der Waals surface area (Å²) in [5, 5.41) is 4.96. The summed E-state index contributed by atoms with van der Waals surface area (Å²) in [7, 11) is 0. The largest absolute Gasteiger partial charge is 0.464 e. The SMILES string of the molecule is Cc1ccc(-c2ccsc2C(=O)NC(C)c2ccc(C)o2)cc1. The maximum Gasteiger partial charge on any atom is 0.262 e. The van der Waals surface area contributed by atoms with Crippen molar-refractivity contribution in [1.29, 1.82) is 0 Å². The Hall–Kier alpha value is -2.33. The molecule has 4 heteroatoms. The minimum atomic E-state index is -0.163. The summed E-state index contributed by atoms with van der Waals surface area (Å²) in [6.45, 7) is 5.88. The Balaban J connectivity index is 1.81. The first-order valence-electron chi connectivity index (χ1n) is 7.56. The second-order valence-electron chi connectivity index (χ2n) is 5.67. The highest BCUT2D eigenvalue weighted by atomic mass is 32.1. The third kappa shape index (κ3) is 3.37. The Morgan fingerprint density at radius 2 is 1.83 bits per heavy atom. The Labute approximate surface area is 140 Å². The Morgan fingerprint density at radius 3 is 2.48 bits per heavy atom. The number of hydrogen-bond acceptors (Lipinski definition) is 3. The molecule has 1 N–H and O–H groups in total. The van der Waals surface area contributed by atoms with Crippen molar-refractivity contribution in [2.45, 2.75) is 26.8 Å². The van der Waals surface area contributed by atoms with Crippen molar-refractivity contribution in [2.24, 2.45) is 0 Å². The lowest BCUT2D eigenvalue weighted by Crippen LogP contribution is -2.26. The van der Waals surface area contributed by atoms with E-state index in [0.717, 1.165) is 27.5 Å². The molecule has 1 amide bonds. The van der Waals surface area contributed by atoms with Gasteiger partial charge in [-0.25, -0.2) is 0 Å². The topological polar surface area (TPSA) is 42.2 Å². The molecular formula is C19H19NO2S.